The molecule has 4 nitrogen and oxygen atoms in total. The maximum Gasteiger partial charge on any atom is 0.246 e. The van der Waals surface area contributed by atoms with Crippen LogP contribution in [0.5, 0.6) is 0 Å². The molecule has 4 heteroatoms. The minimum atomic E-state index is -0.372. The summed E-state index contributed by atoms with van der Waals surface area (Å²) in [4.78, 5) is 13.3. The van der Waals surface area contributed by atoms with E-state index in [2.05, 4.69) is 0 Å². The number of hydrogen-bond acceptors (Lipinski definition) is 3. The summed E-state index contributed by atoms with van der Waals surface area (Å²) in [6.45, 7) is 2.91. The van der Waals surface area contributed by atoms with Crippen molar-refractivity contribution in [2.45, 2.75) is 19.4 Å². The van der Waals surface area contributed by atoms with E-state index in [-0.39, 0.29) is 12.0 Å². The van der Waals surface area contributed by atoms with Gasteiger partial charge in [0.15, 0.2) is 0 Å². The van der Waals surface area contributed by atoms with E-state index < -0.39 is 0 Å². The quantitative estimate of drug-likeness (QED) is 0.763. The van der Waals surface area contributed by atoms with E-state index in [4.69, 9.17) is 4.42 Å². The first-order valence-corrected chi connectivity index (χ1v) is 5.36. The fourth-order valence-corrected chi connectivity index (χ4v) is 1.74. The van der Waals surface area contributed by atoms with Crippen molar-refractivity contribution >= 4 is 12.0 Å². The average molecular weight is 221 g/mol. The first-order valence-electron chi connectivity index (χ1n) is 5.36. The zero-order chi connectivity index (χ0) is 11.5. The van der Waals surface area contributed by atoms with E-state index in [0.717, 1.165) is 5.76 Å². The number of aryl methyl sites for hydroxylation is 1. The first-order chi connectivity index (χ1) is 7.65. The van der Waals surface area contributed by atoms with E-state index in [1.54, 1.807) is 11.0 Å². The van der Waals surface area contributed by atoms with Gasteiger partial charge in [-0.1, -0.05) is 0 Å². The number of β-amino-alcohol motifs (C(OH)–C–C–N with tert-alkyl or cyclic N) is 1. The number of aliphatic hydroxyl groups excluding tert-OH is 1. The third-order valence-electron chi connectivity index (χ3n) is 2.63. The molecule has 0 saturated carbocycles. The second-order valence-electron chi connectivity index (χ2n) is 4.01. The van der Waals surface area contributed by atoms with Gasteiger partial charge in [0.05, 0.1) is 6.10 Å². The third kappa shape index (κ3) is 2.52. The lowest BCUT2D eigenvalue weighted by atomic mass is 10.3. The number of nitrogens with zero attached hydrogens (tertiary/aromatic N) is 1. The molecule has 2 heterocycles. The zero-order valence-electron chi connectivity index (χ0n) is 9.22. The highest BCUT2D eigenvalue weighted by Gasteiger charge is 2.22. The van der Waals surface area contributed by atoms with E-state index in [9.17, 15) is 9.90 Å². The van der Waals surface area contributed by atoms with Gasteiger partial charge in [-0.05, 0) is 31.6 Å². The monoisotopic (exact) mass is 221 g/mol. The lowest BCUT2D eigenvalue weighted by molar-refractivity contribution is -0.125. The van der Waals surface area contributed by atoms with Crippen LogP contribution in [0.4, 0.5) is 0 Å². The number of aliphatic hydroxyl groups is 1. The number of hydrogen-bond donors (Lipinski definition) is 1. The summed E-state index contributed by atoms with van der Waals surface area (Å²) in [6.07, 6.45) is 3.43. The Labute approximate surface area is 94.2 Å². The molecule has 1 aromatic heterocycles. The molecule has 2 rings (SSSR count). The Kier molecular flexibility index (Phi) is 3.10. The van der Waals surface area contributed by atoms with Crippen LogP contribution >= 0.6 is 0 Å². The normalized spacial score (nSPS) is 20.9. The van der Waals surface area contributed by atoms with E-state index in [1.165, 1.54) is 6.08 Å². The Morgan fingerprint density at radius 2 is 2.44 bits per heavy atom. The van der Waals surface area contributed by atoms with Crippen LogP contribution in [0, 0.1) is 6.92 Å². The number of furan rings is 1. The number of likely N-dealkylation sites (tertiary alicyclic amines) is 1. The van der Waals surface area contributed by atoms with Crippen LogP contribution in [-0.4, -0.2) is 35.1 Å². The Hall–Kier alpha value is -1.55. The molecule has 1 N–H and O–H groups in total. The minimum Gasteiger partial charge on any atom is -0.462 e. The summed E-state index contributed by atoms with van der Waals surface area (Å²) in [5, 5.41) is 9.30. The van der Waals surface area contributed by atoms with Gasteiger partial charge in [-0.15, -0.1) is 0 Å². The molecular weight excluding hydrogens is 206 g/mol. The van der Waals surface area contributed by atoms with E-state index in [1.807, 2.05) is 19.1 Å². The predicted molar refractivity (Wildman–Crippen MR) is 59.7 cm³/mol. The van der Waals surface area contributed by atoms with Gasteiger partial charge in [0.2, 0.25) is 5.91 Å². The largest absolute Gasteiger partial charge is 0.462 e. The molecule has 1 aliphatic heterocycles. The van der Waals surface area contributed by atoms with Crippen molar-refractivity contribution in [2.75, 3.05) is 13.1 Å². The molecule has 1 aliphatic rings. The number of carbonyl (C=O) groups excluding carboxylic acids is 1. The highest BCUT2D eigenvalue weighted by atomic mass is 16.3. The van der Waals surface area contributed by atoms with Gasteiger partial charge < -0.3 is 14.4 Å². The number of amides is 1. The third-order valence-corrected chi connectivity index (χ3v) is 2.63. The van der Waals surface area contributed by atoms with Crippen LogP contribution < -0.4 is 0 Å². The zero-order valence-corrected chi connectivity index (χ0v) is 9.22. The molecule has 16 heavy (non-hydrogen) atoms. The van der Waals surface area contributed by atoms with Gasteiger partial charge in [0.1, 0.15) is 11.5 Å². The van der Waals surface area contributed by atoms with Crippen molar-refractivity contribution < 1.29 is 14.3 Å². The number of carbonyl (C=O) groups is 1. The molecule has 1 fully saturated rings. The molecule has 1 unspecified atom stereocenters. The van der Waals surface area contributed by atoms with Crippen molar-refractivity contribution in [3.05, 3.63) is 29.7 Å². The highest BCUT2D eigenvalue weighted by molar-refractivity contribution is 5.91. The van der Waals surface area contributed by atoms with Gasteiger partial charge in [-0.3, -0.25) is 4.79 Å². The van der Waals surface area contributed by atoms with Gasteiger partial charge in [-0.2, -0.15) is 0 Å². The summed E-state index contributed by atoms with van der Waals surface area (Å²) in [5.41, 5.74) is 0. The second-order valence-corrected chi connectivity index (χ2v) is 4.01. The molecule has 0 aromatic carbocycles. The van der Waals surface area contributed by atoms with Crippen LogP contribution in [0.2, 0.25) is 0 Å². The van der Waals surface area contributed by atoms with Gasteiger partial charge in [0, 0.05) is 19.2 Å². The summed E-state index contributed by atoms with van der Waals surface area (Å²) in [5.74, 6) is 1.42. The molecule has 0 bridgehead atoms. The fraction of sp³-hybridized carbons (Fsp3) is 0.417. The topological polar surface area (TPSA) is 53.7 Å². The molecule has 86 valence electrons. The van der Waals surface area contributed by atoms with Gasteiger partial charge in [0.25, 0.3) is 0 Å². The van der Waals surface area contributed by atoms with Crippen LogP contribution in [0.3, 0.4) is 0 Å². The van der Waals surface area contributed by atoms with Crippen molar-refractivity contribution in [1.29, 1.82) is 0 Å². The first kappa shape index (κ1) is 11.0. The molecule has 0 aliphatic carbocycles. The maximum atomic E-state index is 11.7. The van der Waals surface area contributed by atoms with Gasteiger partial charge >= 0.3 is 0 Å². The minimum absolute atomic E-state index is 0.0781. The SMILES string of the molecule is Cc1ccc(C=CC(=O)N2CCC(O)C2)o1. The molecule has 1 aromatic rings. The second kappa shape index (κ2) is 4.53. The maximum absolute atomic E-state index is 11.7. The summed E-state index contributed by atoms with van der Waals surface area (Å²) < 4.78 is 5.31. The van der Waals surface area contributed by atoms with Gasteiger partial charge in [-0.25, -0.2) is 0 Å². The Bertz CT molecular complexity index is 408. The average Bonchev–Trinajstić information content (AvgIpc) is 2.84. The Morgan fingerprint density at radius 3 is 3.00 bits per heavy atom. The Morgan fingerprint density at radius 1 is 1.62 bits per heavy atom. The molecule has 0 spiro atoms. The van der Waals surface area contributed by atoms with Crippen molar-refractivity contribution in [1.82, 2.24) is 4.90 Å². The highest BCUT2D eigenvalue weighted by Crippen LogP contribution is 2.11. The summed E-state index contributed by atoms with van der Waals surface area (Å²) >= 11 is 0. The fourth-order valence-electron chi connectivity index (χ4n) is 1.74. The van der Waals surface area contributed by atoms with Crippen LogP contribution in [-0.2, 0) is 4.79 Å². The lowest BCUT2D eigenvalue weighted by Crippen LogP contribution is -2.27. The summed E-state index contributed by atoms with van der Waals surface area (Å²) in [7, 11) is 0. The number of rotatable bonds is 2. The standard InChI is InChI=1S/C12H15NO3/c1-9-2-3-11(16-9)4-5-12(15)13-7-6-10(14)8-13/h2-5,10,14H,6-8H2,1H3. The lowest BCUT2D eigenvalue weighted by Gasteiger charge is -2.11. The van der Waals surface area contributed by atoms with Crippen molar-refractivity contribution in [2.24, 2.45) is 0 Å². The van der Waals surface area contributed by atoms with E-state index in [0.29, 0.717) is 25.3 Å². The van der Waals surface area contributed by atoms with Crippen LogP contribution in [0.1, 0.15) is 17.9 Å². The van der Waals surface area contributed by atoms with E-state index >= 15 is 0 Å². The van der Waals surface area contributed by atoms with Crippen LogP contribution in [0.15, 0.2) is 22.6 Å². The molecular formula is C12H15NO3. The summed E-state index contributed by atoms with van der Waals surface area (Å²) in [6, 6.07) is 3.67. The van der Waals surface area contributed by atoms with Crippen molar-refractivity contribution in [3.63, 3.8) is 0 Å². The molecule has 1 saturated heterocycles. The van der Waals surface area contributed by atoms with Crippen molar-refractivity contribution in [3.8, 4) is 0 Å². The van der Waals surface area contributed by atoms with Crippen LogP contribution in [0.25, 0.3) is 6.08 Å². The smallest absolute Gasteiger partial charge is 0.246 e. The Balaban J connectivity index is 1.94. The molecule has 1 atom stereocenters. The molecule has 0 radical (unpaired) electrons. The molecule has 1 amide bonds. The predicted octanol–water partition coefficient (Wildman–Crippen LogP) is 1.19.